The fourth-order valence-electron chi connectivity index (χ4n) is 4.11. The maximum absolute atomic E-state index is 14.0. The van der Waals surface area contributed by atoms with Crippen molar-refractivity contribution < 1.29 is 18.0 Å². The van der Waals surface area contributed by atoms with Crippen molar-refractivity contribution in [2.24, 2.45) is 0 Å². The van der Waals surface area contributed by atoms with Crippen LogP contribution in [0.15, 0.2) is 77.7 Å². The van der Waals surface area contributed by atoms with Gasteiger partial charge in [-0.05, 0) is 61.2 Å². The minimum absolute atomic E-state index is 0.0465. The number of nitrogens with zero attached hydrogens (tertiary/aromatic N) is 2. The molecule has 0 aliphatic rings. The van der Waals surface area contributed by atoms with Gasteiger partial charge in [0.15, 0.2) is 0 Å². The summed E-state index contributed by atoms with van der Waals surface area (Å²) in [5.41, 5.74) is 1.83. The summed E-state index contributed by atoms with van der Waals surface area (Å²) < 4.78 is 28.8. The van der Waals surface area contributed by atoms with Crippen LogP contribution < -0.4 is 9.62 Å². The first kappa shape index (κ1) is 31.5. The van der Waals surface area contributed by atoms with E-state index in [0.717, 1.165) is 16.3 Å². The number of rotatable bonds is 12. The van der Waals surface area contributed by atoms with Crippen molar-refractivity contribution in [3.05, 3.63) is 94.0 Å². The molecule has 0 saturated carbocycles. The van der Waals surface area contributed by atoms with Crippen LogP contribution in [0, 0.1) is 0 Å². The van der Waals surface area contributed by atoms with Crippen molar-refractivity contribution in [3.8, 4) is 0 Å². The van der Waals surface area contributed by atoms with Crippen LogP contribution in [0.25, 0.3) is 0 Å². The molecule has 3 aromatic carbocycles. The molecule has 3 rings (SSSR count). The molecule has 40 heavy (non-hydrogen) atoms. The highest BCUT2D eigenvalue weighted by molar-refractivity contribution is 7.92. The molecule has 0 radical (unpaired) electrons. The van der Waals surface area contributed by atoms with Gasteiger partial charge >= 0.3 is 0 Å². The number of nitrogens with one attached hydrogen (secondary N) is 1. The highest BCUT2D eigenvalue weighted by Crippen LogP contribution is 2.29. The number of benzene rings is 3. The van der Waals surface area contributed by atoms with Gasteiger partial charge in [-0.3, -0.25) is 13.9 Å². The number of hydrogen-bond donors (Lipinski definition) is 1. The monoisotopic (exact) mass is 603 g/mol. The Kier molecular flexibility index (Phi) is 11.0. The van der Waals surface area contributed by atoms with E-state index in [1.807, 2.05) is 32.9 Å². The van der Waals surface area contributed by atoms with Gasteiger partial charge in [-0.2, -0.15) is 0 Å². The van der Waals surface area contributed by atoms with E-state index in [9.17, 15) is 18.0 Å². The van der Waals surface area contributed by atoms with Gasteiger partial charge in [0, 0.05) is 28.7 Å². The third-order valence-corrected chi connectivity index (χ3v) is 9.06. The van der Waals surface area contributed by atoms with Crippen LogP contribution in [-0.2, 0) is 26.2 Å². The van der Waals surface area contributed by atoms with E-state index in [1.165, 1.54) is 17.0 Å². The van der Waals surface area contributed by atoms with Crippen LogP contribution in [0.1, 0.15) is 51.2 Å². The van der Waals surface area contributed by atoms with Crippen LogP contribution >= 0.6 is 23.2 Å². The van der Waals surface area contributed by atoms with Crippen LogP contribution in [0.5, 0.6) is 0 Å². The Morgan fingerprint density at radius 2 is 1.48 bits per heavy atom. The number of carbonyl (C=O) groups excluding carboxylic acids is 2. The van der Waals surface area contributed by atoms with Gasteiger partial charge in [0.1, 0.15) is 12.6 Å². The lowest BCUT2D eigenvalue weighted by Gasteiger charge is -2.32. The molecule has 2 amide bonds. The molecule has 10 heteroatoms. The molecule has 0 heterocycles. The molecular weight excluding hydrogens is 569 g/mol. The number of halogens is 2. The molecule has 0 spiro atoms. The van der Waals surface area contributed by atoms with Gasteiger partial charge in [-0.25, -0.2) is 8.42 Å². The Balaban J connectivity index is 2.06. The molecule has 0 aromatic heterocycles. The highest BCUT2D eigenvalue weighted by atomic mass is 35.5. The van der Waals surface area contributed by atoms with Gasteiger partial charge in [0.2, 0.25) is 11.8 Å². The highest BCUT2D eigenvalue weighted by Gasteiger charge is 2.33. The summed E-state index contributed by atoms with van der Waals surface area (Å²) >= 11 is 12.8. The van der Waals surface area contributed by atoms with Crippen LogP contribution in [-0.4, -0.2) is 44.3 Å². The van der Waals surface area contributed by atoms with Crippen molar-refractivity contribution >= 4 is 50.7 Å². The Hall–Kier alpha value is -3.07. The molecule has 0 bridgehead atoms. The zero-order valence-corrected chi connectivity index (χ0v) is 25.4. The molecule has 0 unspecified atom stereocenters. The SMILES string of the molecule is CCCNC(=O)[C@@H](C)N(Cc1c(Cl)cccc1Cl)C(=O)CN(c1ccc(C(C)C)cc1)S(=O)(=O)c1ccccc1. The third-order valence-electron chi connectivity index (χ3n) is 6.56. The van der Waals surface area contributed by atoms with E-state index < -0.39 is 28.5 Å². The maximum Gasteiger partial charge on any atom is 0.264 e. The molecule has 3 aromatic rings. The number of anilines is 1. The molecule has 0 aliphatic heterocycles. The van der Waals surface area contributed by atoms with Gasteiger partial charge in [0.25, 0.3) is 10.0 Å². The first-order valence-electron chi connectivity index (χ1n) is 13.1. The average Bonchev–Trinajstić information content (AvgIpc) is 2.94. The van der Waals surface area contributed by atoms with Gasteiger partial charge in [0.05, 0.1) is 10.6 Å². The normalized spacial score (nSPS) is 12.2. The van der Waals surface area contributed by atoms with Crippen molar-refractivity contribution in [1.29, 1.82) is 0 Å². The number of carbonyl (C=O) groups is 2. The quantitative estimate of drug-likeness (QED) is 0.265. The summed E-state index contributed by atoms with van der Waals surface area (Å²) in [6.07, 6.45) is 0.720. The maximum atomic E-state index is 14.0. The van der Waals surface area contributed by atoms with Crippen molar-refractivity contribution in [2.75, 3.05) is 17.4 Å². The second-order valence-corrected chi connectivity index (χ2v) is 12.4. The first-order valence-corrected chi connectivity index (χ1v) is 15.3. The molecule has 1 N–H and O–H groups in total. The molecule has 0 saturated heterocycles. The van der Waals surface area contributed by atoms with Crippen molar-refractivity contribution in [3.63, 3.8) is 0 Å². The summed E-state index contributed by atoms with van der Waals surface area (Å²) in [4.78, 5) is 28.3. The second-order valence-electron chi connectivity index (χ2n) is 9.76. The molecule has 7 nitrogen and oxygen atoms in total. The van der Waals surface area contributed by atoms with E-state index in [0.29, 0.717) is 27.8 Å². The summed E-state index contributed by atoms with van der Waals surface area (Å²) in [5.74, 6) is -0.701. The van der Waals surface area contributed by atoms with Crippen LogP contribution in [0.3, 0.4) is 0 Å². The van der Waals surface area contributed by atoms with Crippen LogP contribution in [0.4, 0.5) is 5.69 Å². The van der Waals surface area contributed by atoms with E-state index in [1.54, 1.807) is 55.5 Å². The molecule has 0 aliphatic carbocycles. The standard InChI is InChI=1S/C30H35Cl2N3O4S/c1-5-18-33-30(37)22(4)34(19-26-27(31)12-9-13-28(26)32)29(36)20-35(24-16-14-23(15-17-24)21(2)3)40(38,39)25-10-7-6-8-11-25/h6-17,21-22H,5,18-20H2,1-4H3,(H,33,37)/t22-/m1/s1. The molecular formula is C30H35Cl2N3O4S. The minimum atomic E-state index is -4.13. The molecule has 0 fully saturated rings. The number of sulfonamides is 1. The summed E-state index contributed by atoms with van der Waals surface area (Å²) in [7, 11) is -4.13. The van der Waals surface area contributed by atoms with Gasteiger partial charge in [-0.1, -0.05) is 80.4 Å². The van der Waals surface area contributed by atoms with Gasteiger partial charge in [-0.15, -0.1) is 0 Å². The van der Waals surface area contributed by atoms with E-state index in [2.05, 4.69) is 5.32 Å². The lowest BCUT2D eigenvalue weighted by Crippen LogP contribution is -2.51. The zero-order valence-electron chi connectivity index (χ0n) is 23.1. The lowest BCUT2D eigenvalue weighted by atomic mass is 10.0. The number of amides is 2. The fourth-order valence-corrected chi connectivity index (χ4v) is 6.06. The predicted molar refractivity (Wildman–Crippen MR) is 161 cm³/mol. The smallest absolute Gasteiger partial charge is 0.264 e. The van der Waals surface area contributed by atoms with E-state index >= 15 is 0 Å². The fraction of sp³-hybridized carbons (Fsp3) is 0.333. The Morgan fingerprint density at radius 3 is 2.02 bits per heavy atom. The Morgan fingerprint density at radius 1 is 0.875 bits per heavy atom. The minimum Gasteiger partial charge on any atom is -0.354 e. The zero-order chi connectivity index (χ0) is 29.4. The van der Waals surface area contributed by atoms with Crippen molar-refractivity contribution in [2.45, 2.75) is 57.5 Å². The molecule has 214 valence electrons. The average molecular weight is 605 g/mol. The Labute approximate surface area is 247 Å². The summed E-state index contributed by atoms with van der Waals surface area (Å²) in [6, 6.07) is 19.1. The molecule has 1 atom stereocenters. The topological polar surface area (TPSA) is 86.8 Å². The second kappa shape index (κ2) is 14.0. The Bertz CT molecular complexity index is 1390. The lowest BCUT2D eigenvalue weighted by molar-refractivity contribution is -0.139. The predicted octanol–water partition coefficient (Wildman–Crippen LogP) is 6.26. The van der Waals surface area contributed by atoms with Crippen molar-refractivity contribution in [1.82, 2.24) is 10.2 Å². The van der Waals surface area contributed by atoms with Crippen LogP contribution in [0.2, 0.25) is 10.0 Å². The third kappa shape index (κ3) is 7.56. The number of hydrogen-bond acceptors (Lipinski definition) is 4. The van der Waals surface area contributed by atoms with Gasteiger partial charge < -0.3 is 10.2 Å². The van der Waals surface area contributed by atoms with E-state index in [4.69, 9.17) is 23.2 Å². The largest absolute Gasteiger partial charge is 0.354 e. The van der Waals surface area contributed by atoms with E-state index in [-0.39, 0.29) is 23.3 Å². The summed E-state index contributed by atoms with van der Waals surface area (Å²) in [6.45, 7) is 7.43. The summed E-state index contributed by atoms with van der Waals surface area (Å²) in [5, 5.41) is 3.48. The first-order chi connectivity index (χ1) is 19.0.